The molecule has 0 saturated carbocycles. The molecule has 0 fully saturated rings. The summed E-state index contributed by atoms with van der Waals surface area (Å²) in [4.78, 5) is 22.8. The molecule has 0 spiro atoms. The number of hydrogen-bond donors (Lipinski definition) is 0. The first-order valence-corrected chi connectivity index (χ1v) is 6.09. The van der Waals surface area contributed by atoms with E-state index in [1.807, 2.05) is 19.9 Å². The number of carbonyl (C=O) groups is 2. The Morgan fingerprint density at radius 3 is 2.94 bits per heavy atom. The maximum Gasteiger partial charge on any atom is 0.314 e. The van der Waals surface area contributed by atoms with E-state index in [1.165, 1.54) is 0 Å². The molecule has 1 aliphatic heterocycles. The second-order valence-electron chi connectivity index (χ2n) is 4.50. The van der Waals surface area contributed by atoms with Crippen molar-refractivity contribution >= 4 is 11.9 Å². The first kappa shape index (κ1) is 12.6. The molecule has 1 aliphatic rings. The maximum absolute atomic E-state index is 11.7. The summed E-state index contributed by atoms with van der Waals surface area (Å²) in [6.07, 6.45) is 1.04. The zero-order valence-electron chi connectivity index (χ0n) is 10.6. The molecule has 1 aromatic rings. The summed E-state index contributed by atoms with van der Waals surface area (Å²) in [6.45, 7) is 4.03. The number of fused-ring (bicyclic) bond motifs is 1. The van der Waals surface area contributed by atoms with E-state index in [2.05, 4.69) is 0 Å². The van der Waals surface area contributed by atoms with E-state index in [-0.39, 0.29) is 30.9 Å². The minimum Gasteiger partial charge on any atom is -0.461 e. The van der Waals surface area contributed by atoms with Gasteiger partial charge in [0, 0.05) is 0 Å². The summed E-state index contributed by atoms with van der Waals surface area (Å²) in [6, 6.07) is 5.30. The van der Waals surface area contributed by atoms with Crippen molar-refractivity contribution in [2.45, 2.75) is 33.3 Å². The second kappa shape index (κ2) is 5.21. The van der Waals surface area contributed by atoms with Crippen LogP contribution in [0.2, 0.25) is 0 Å². The van der Waals surface area contributed by atoms with Crippen molar-refractivity contribution in [2.24, 2.45) is 5.92 Å². The van der Waals surface area contributed by atoms with Gasteiger partial charge in [0.25, 0.3) is 0 Å². The van der Waals surface area contributed by atoms with Crippen LogP contribution < -0.4 is 4.74 Å². The van der Waals surface area contributed by atoms with Crippen LogP contribution >= 0.6 is 0 Å². The van der Waals surface area contributed by atoms with Gasteiger partial charge in [0.2, 0.25) is 0 Å². The molecular formula is C14H16O4. The number of ether oxygens (including phenoxy) is 2. The van der Waals surface area contributed by atoms with Gasteiger partial charge >= 0.3 is 11.9 Å². The van der Waals surface area contributed by atoms with Crippen LogP contribution in [0, 0.1) is 5.92 Å². The molecule has 18 heavy (non-hydrogen) atoms. The molecule has 1 heterocycles. The maximum atomic E-state index is 11.7. The van der Waals surface area contributed by atoms with Gasteiger partial charge in [-0.1, -0.05) is 19.9 Å². The van der Waals surface area contributed by atoms with Crippen molar-refractivity contribution in [3.63, 3.8) is 0 Å². The predicted octanol–water partition coefficient (Wildman–Crippen LogP) is 2.24. The Bertz CT molecular complexity index is 479. The first-order chi connectivity index (χ1) is 8.60. The quantitative estimate of drug-likeness (QED) is 0.608. The molecule has 0 aliphatic carbocycles. The standard InChI is InChI=1S/C14H16O4/c1-3-9(2)14(16)18-12-5-4-10-7-13(15)17-8-11(10)6-12/h4-6,9H,3,7-8H2,1-2H3. The number of cyclic esters (lactones) is 1. The summed E-state index contributed by atoms with van der Waals surface area (Å²) >= 11 is 0. The van der Waals surface area contributed by atoms with Crippen molar-refractivity contribution in [1.29, 1.82) is 0 Å². The minimum absolute atomic E-state index is 0.112. The van der Waals surface area contributed by atoms with E-state index in [0.717, 1.165) is 17.5 Å². The Hall–Kier alpha value is -1.84. The molecule has 4 heteroatoms. The fourth-order valence-electron chi connectivity index (χ4n) is 1.72. The lowest BCUT2D eigenvalue weighted by Crippen LogP contribution is -2.19. The summed E-state index contributed by atoms with van der Waals surface area (Å²) < 4.78 is 10.2. The van der Waals surface area contributed by atoms with Crippen molar-refractivity contribution in [3.8, 4) is 5.75 Å². The van der Waals surface area contributed by atoms with E-state index < -0.39 is 0 Å². The zero-order chi connectivity index (χ0) is 13.1. The third-order valence-electron chi connectivity index (χ3n) is 3.13. The average Bonchev–Trinajstić information content (AvgIpc) is 2.38. The summed E-state index contributed by atoms with van der Waals surface area (Å²) in [5, 5.41) is 0. The van der Waals surface area contributed by atoms with Gasteiger partial charge in [-0.3, -0.25) is 9.59 Å². The molecular weight excluding hydrogens is 232 g/mol. The lowest BCUT2D eigenvalue weighted by molar-refractivity contribution is -0.145. The number of benzene rings is 1. The highest BCUT2D eigenvalue weighted by atomic mass is 16.5. The Morgan fingerprint density at radius 1 is 1.44 bits per heavy atom. The van der Waals surface area contributed by atoms with Crippen molar-refractivity contribution in [2.75, 3.05) is 0 Å². The molecule has 96 valence electrons. The highest BCUT2D eigenvalue weighted by molar-refractivity contribution is 5.76. The lowest BCUT2D eigenvalue weighted by Gasteiger charge is -2.17. The van der Waals surface area contributed by atoms with Gasteiger partial charge in [-0.25, -0.2) is 0 Å². The van der Waals surface area contributed by atoms with E-state index in [9.17, 15) is 9.59 Å². The van der Waals surface area contributed by atoms with Crippen LogP contribution in [0.25, 0.3) is 0 Å². The Labute approximate surface area is 106 Å². The Kier molecular flexibility index (Phi) is 3.65. The molecule has 1 unspecified atom stereocenters. The highest BCUT2D eigenvalue weighted by Crippen LogP contribution is 2.23. The van der Waals surface area contributed by atoms with Crippen LogP contribution in [-0.4, -0.2) is 11.9 Å². The number of carbonyl (C=O) groups excluding carboxylic acids is 2. The van der Waals surface area contributed by atoms with E-state index in [1.54, 1.807) is 12.1 Å². The third-order valence-corrected chi connectivity index (χ3v) is 3.13. The van der Waals surface area contributed by atoms with Crippen LogP contribution in [0.4, 0.5) is 0 Å². The lowest BCUT2D eigenvalue weighted by atomic mass is 10.0. The van der Waals surface area contributed by atoms with Crippen LogP contribution in [0.3, 0.4) is 0 Å². The Morgan fingerprint density at radius 2 is 2.22 bits per heavy atom. The average molecular weight is 248 g/mol. The van der Waals surface area contributed by atoms with Gasteiger partial charge in [-0.05, 0) is 29.7 Å². The van der Waals surface area contributed by atoms with E-state index >= 15 is 0 Å². The molecule has 4 nitrogen and oxygen atoms in total. The van der Waals surface area contributed by atoms with Gasteiger partial charge in [-0.15, -0.1) is 0 Å². The topological polar surface area (TPSA) is 52.6 Å². The fraction of sp³-hybridized carbons (Fsp3) is 0.429. The second-order valence-corrected chi connectivity index (χ2v) is 4.50. The van der Waals surface area contributed by atoms with Crippen LogP contribution in [0.5, 0.6) is 5.75 Å². The summed E-state index contributed by atoms with van der Waals surface area (Å²) in [5.41, 5.74) is 1.85. The molecule has 1 atom stereocenters. The van der Waals surface area contributed by atoms with Crippen molar-refractivity contribution in [3.05, 3.63) is 29.3 Å². The first-order valence-electron chi connectivity index (χ1n) is 6.09. The number of hydrogen-bond acceptors (Lipinski definition) is 4. The van der Waals surface area contributed by atoms with Crippen LogP contribution in [0.1, 0.15) is 31.4 Å². The Balaban J connectivity index is 2.12. The van der Waals surface area contributed by atoms with Crippen molar-refractivity contribution in [1.82, 2.24) is 0 Å². The monoisotopic (exact) mass is 248 g/mol. The van der Waals surface area contributed by atoms with Crippen LogP contribution in [-0.2, 0) is 27.4 Å². The van der Waals surface area contributed by atoms with Crippen molar-refractivity contribution < 1.29 is 19.1 Å². The van der Waals surface area contributed by atoms with Gasteiger partial charge in [-0.2, -0.15) is 0 Å². The van der Waals surface area contributed by atoms with E-state index in [0.29, 0.717) is 5.75 Å². The molecule has 0 radical (unpaired) electrons. The van der Waals surface area contributed by atoms with Gasteiger partial charge in [0.1, 0.15) is 12.4 Å². The largest absolute Gasteiger partial charge is 0.461 e. The minimum atomic E-state index is -0.231. The van der Waals surface area contributed by atoms with E-state index in [4.69, 9.17) is 9.47 Å². The molecule has 0 N–H and O–H groups in total. The summed E-state index contributed by atoms with van der Waals surface area (Å²) in [7, 11) is 0. The molecule has 0 amide bonds. The fourth-order valence-corrected chi connectivity index (χ4v) is 1.72. The number of rotatable bonds is 3. The zero-order valence-corrected chi connectivity index (χ0v) is 10.6. The predicted molar refractivity (Wildman–Crippen MR) is 65.0 cm³/mol. The molecule has 0 aromatic heterocycles. The SMILES string of the molecule is CCC(C)C(=O)Oc1ccc2c(c1)COC(=O)C2. The summed E-state index contributed by atoms with van der Waals surface area (Å²) in [5.74, 6) is -0.0482. The molecule has 1 aromatic carbocycles. The smallest absolute Gasteiger partial charge is 0.314 e. The molecule has 0 bridgehead atoms. The number of esters is 2. The van der Waals surface area contributed by atoms with Crippen LogP contribution in [0.15, 0.2) is 18.2 Å². The highest BCUT2D eigenvalue weighted by Gasteiger charge is 2.18. The molecule has 0 saturated heterocycles. The normalized spacial score (nSPS) is 15.6. The molecule has 2 rings (SSSR count). The van der Waals surface area contributed by atoms with Gasteiger partial charge in [0.05, 0.1) is 12.3 Å². The van der Waals surface area contributed by atoms with Gasteiger partial charge < -0.3 is 9.47 Å². The van der Waals surface area contributed by atoms with Gasteiger partial charge in [0.15, 0.2) is 0 Å². The third kappa shape index (κ3) is 2.70.